The highest BCUT2D eigenvalue weighted by Crippen LogP contribution is 2.11. The maximum Gasteiger partial charge on any atom is 0.308 e. The van der Waals surface area contributed by atoms with Crippen molar-refractivity contribution < 1.29 is 19.1 Å². The summed E-state index contributed by atoms with van der Waals surface area (Å²) in [7, 11) is 3.57. The summed E-state index contributed by atoms with van der Waals surface area (Å²) in [5, 5.41) is 2.68. The fraction of sp³-hybridized carbons (Fsp3) is 0.769. The summed E-state index contributed by atoms with van der Waals surface area (Å²) in [6, 6.07) is -0.763. The lowest BCUT2D eigenvalue weighted by Gasteiger charge is -2.35. The number of hydrogen-bond donors (Lipinski definition) is 1. The van der Waals surface area contributed by atoms with Crippen molar-refractivity contribution in [3.63, 3.8) is 0 Å². The van der Waals surface area contributed by atoms with Gasteiger partial charge in [-0.2, -0.15) is 0 Å². The van der Waals surface area contributed by atoms with Crippen LogP contribution in [0.4, 0.5) is 0 Å². The Morgan fingerprint density at radius 2 is 2.15 bits per heavy atom. The van der Waals surface area contributed by atoms with Gasteiger partial charge in [-0.3, -0.25) is 14.4 Å². The molecule has 1 rings (SSSR count). The van der Waals surface area contributed by atoms with Crippen molar-refractivity contribution in [2.75, 3.05) is 40.3 Å². The highest BCUT2D eigenvalue weighted by Gasteiger charge is 2.34. The molecule has 7 nitrogen and oxygen atoms in total. The van der Waals surface area contributed by atoms with Crippen molar-refractivity contribution in [1.29, 1.82) is 0 Å². The van der Waals surface area contributed by atoms with Gasteiger partial charge in [-0.15, -0.1) is 0 Å². The lowest BCUT2D eigenvalue weighted by molar-refractivity contribution is -0.152. The van der Waals surface area contributed by atoms with Gasteiger partial charge in [-0.25, -0.2) is 0 Å². The Morgan fingerprint density at radius 1 is 1.45 bits per heavy atom. The minimum Gasteiger partial charge on any atom is -0.466 e. The normalized spacial score (nSPS) is 18.9. The van der Waals surface area contributed by atoms with E-state index in [9.17, 15) is 14.4 Å². The first kappa shape index (κ1) is 16.4. The fourth-order valence-corrected chi connectivity index (χ4v) is 2.01. The molecule has 20 heavy (non-hydrogen) atoms. The topological polar surface area (TPSA) is 79.0 Å². The Morgan fingerprint density at radius 3 is 2.75 bits per heavy atom. The van der Waals surface area contributed by atoms with Crippen LogP contribution in [-0.4, -0.2) is 74.0 Å². The summed E-state index contributed by atoms with van der Waals surface area (Å²) in [6.07, 6.45) is 0.636. The van der Waals surface area contributed by atoms with Gasteiger partial charge < -0.3 is 19.9 Å². The third-order valence-corrected chi connectivity index (χ3v) is 2.93. The van der Waals surface area contributed by atoms with Crippen LogP contribution in [0.2, 0.25) is 0 Å². The molecule has 2 amide bonds. The molecule has 0 saturated carbocycles. The van der Waals surface area contributed by atoms with Gasteiger partial charge in [0.15, 0.2) is 0 Å². The molecule has 1 heterocycles. The van der Waals surface area contributed by atoms with Gasteiger partial charge in [0.05, 0.1) is 19.6 Å². The zero-order valence-corrected chi connectivity index (χ0v) is 12.3. The maximum absolute atomic E-state index is 12.1. The molecule has 1 fully saturated rings. The first-order chi connectivity index (χ1) is 9.45. The van der Waals surface area contributed by atoms with Crippen LogP contribution in [0.1, 0.15) is 19.8 Å². The van der Waals surface area contributed by atoms with E-state index in [0.717, 1.165) is 6.42 Å². The molecule has 114 valence electrons. The predicted molar refractivity (Wildman–Crippen MR) is 72.9 cm³/mol. The van der Waals surface area contributed by atoms with Gasteiger partial charge in [0.25, 0.3) is 0 Å². The second kappa shape index (κ2) is 7.84. The molecule has 0 aliphatic carbocycles. The van der Waals surface area contributed by atoms with Crippen LogP contribution in [0.3, 0.4) is 0 Å². The van der Waals surface area contributed by atoms with Crippen LogP contribution in [-0.2, 0) is 19.1 Å². The van der Waals surface area contributed by atoms with Gasteiger partial charge in [0, 0.05) is 13.1 Å². The van der Waals surface area contributed by atoms with Gasteiger partial charge in [0.2, 0.25) is 11.8 Å². The van der Waals surface area contributed by atoms with E-state index < -0.39 is 12.0 Å². The Balaban J connectivity index is 2.67. The third kappa shape index (κ3) is 4.80. The van der Waals surface area contributed by atoms with E-state index in [2.05, 4.69) is 5.32 Å². The predicted octanol–water partition coefficient (Wildman–Crippen LogP) is -0.782. The zero-order valence-electron chi connectivity index (χ0n) is 12.3. The summed E-state index contributed by atoms with van der Waals surface area (Å²) in [5.74, 6) is -0.897. The molecule has 0 aromatic rings. The highest BCUT2D eigenvalue weighted by molar-refractivity contribution is 5.92. The average molecular weight is 285 g/mol. The van der Waals surface area contributed by atoms with Crippen molar-refractivity contribution >= 4 is 17.8 Å². The average Bonchev–Trinajstić information content (AvgIpc) is 2.37. The van der Waals surface area contributed by atoms with E-state index in [1.807, 2.05) is 6.92 Å². The third-order valence-electron chi connectivity index (χ3n) is 2.93. The molecule has 0 radical (unpaired) electrons. The molecule has 1 atom stereocenters. The Bertz CT molecular complexity index is 371. The molecule has 1 unspecified atom stereocenters. The number of piperazine rings is 1. The van der Waals surface area contributed by atoms with Crippen LogP contribution >= 0.6 is 0 Å². The quantitative estimate of drug-likeness (QED) is 0.648. The molecule has 1 aliphatic heterocycles. The van der Waals surface area contributed by atoms with Gasteiger partial charge in [-0.05, 0) is 20.5 Å². The minimum atomic E-state index is -0.763. The second-order valence-corrected chi connectivity index (χ2v) is 5.06. The van der Waals surface area contributed by atoms with Crippen LogP contribution in [0, 0.1) is 0 Å². The first-order valence-corrected chi connectivity index (χ1v) is 6.83. The minimum absolute atomic E-state index is 0.0923. The van der Waals surface area contributed by atoms with Gasteiger partial charge in [-0.1, -0.05) is 6.92 Å². The number of likely N-dealkylation sites (N-methyl/N-ethyl adjacent to an activating group) is 1. The lowest BCUT2D eigenvalue weighted by Crippen LogP contribution is -2.59. The summed E-state index contributed by atoms with van der Waals surface area (Å²) < 4.78 is 4.98. The Kier molecular flexibility index (Phi) is 6.44. The van der Waals surface area contributed by atoms with Crippen molar-refractivity contribution in [3.8, 4) is 0 Å². The highest BCUT2D eigenvalue weighted by atomic mass is 16.5. The number of nitrogens with one attached hydrogen (secondary N) is 1. The number of esters is 1. The van der Waals surface area contributed by atoms with Crippen LogP contribution < -0.4 is 5.32 Å². The lowest BCUT2D eigenvalue weighted by atomic mass is 10.1. The van der Waals surface area contributed by atoms with E-state index in [-0.39, 0.29) is 24.8 Å². The standard InChI is InChI=1S/C13H23N3O4/c1-4-7-20-12(18)8-10-13(19)14-5-6-16(10)11(17)9-15(2)3/h10H,4-9H2,1-3H3,(H,14,19). The summed E-state index contributed by atoms with van der Waals surface area (Å²) in [6.45, 7) is 3.28. The molecule has 1 aliphatic rings. The molecule has 1 saturated heterocycles. The summed E-state index contributed by atoms with van der Waals surface area (Å²) in [4.78, 5) is 38.8. The number of ether oxygens (including phenoxy) is 1. The Hall–Kier alpha value is -1.63. The van der Waals surface area contributed by atoms with Crippen molar-refractivity contribution in [2.45, 2.75) is 25.8 Å². The van der Waals surface area contributed by atoms with E-state index in [0.29, 0.717) is 19.7 Å². The van der Waals surface area contributed by atoms with Crippen molar-refractivity contribution in [2.24, 2.45) is 0 Å². The number of rotatable bonds is 6. The van der Waals surface area contributed by atoms with E-state index in [1.165, 1.54) is 4.90 Å². The smallest absolute Gasteiger partial charge is 0.308 e. The number of carbonyl (C=O) groups excluding carboxylic acids is 3. The van der Waals surface area contributed by atoms with Crippen LogP contribution in [0.15, 0.2) is 0 Å². The van der Waals surface area contributed by atoms with Crippen molar-refractivity contribution in [1.82, 2.24) is 15.1 Å². The number of carbonyl (C=O) groups is 3. The van der Waals surface area contributed by atoms with E-state index in [4.69, 9.17) is 4.74 Å². The molecule has 0 aromatic heterocycles. The largest absolute Gasteiger partial charge is 0.466 e. The zero-order chi connectivity index (χ0) is 15.1. The first-order valence-electron chi connectivity index (χ1n) is 6.83. The van der Waals surface area contributed by atoms with Crippen molar-refractivity contribution in [3.05, 3.63) is 0 Å². The monoisotopic (exact) mass is 285 g/mol. The second-order valence-electron chi connectivity index (χ2n) is 5.06. The molecule has 7 heteroatoms. The van der Waals surface area contributed by atoms with Gasteiger partial charge >= 0.3 is 5.97 Å². The molecule has 0 spiro atoms. The number of hydrogen-bond acceptors (Lipinski definition) is 5. The van der Waals surface area contributed by atoms with Crippen LogP contribution in [0.5, 0.6) is 0 Å². The molecular weight excluding hydrogens is 262 g/mol. The van der Waals surface area contributed by atoms with E-state index in [1.54, 1.807) is 19.0 Å². The number of amides is 2. The van der Waals surface area contributed by atoms with Gasteiger partial charge in [0.1, 0.15) is 6.04 Å². The van der Waals surface area contributed by atoms with E-state index >= 15 is 0 Å². The fourth-order valence-electron chi connectivity index (χ4n) is 2.01. The maximum atomic E-state index is 12.1. The molecule has 1 N–H and O–H groups in total. The van der Waals surface area contributed by atoms with Crippen LogP contribution in [0.25, 0.3) is 0 Å². The number of nitrogens with zero attached hydrogens (tertiary/aromatic N) is 2. The molecular formula is C13H23N3O4. The SMILES string of the molecule is CCCOC(=O)CC1C(=O)NCCN1C(=O)CN(C)C. The molecule has 0 bridgehead atoms. The summed E-state index contributed by atoms with van der Waals surface area (Å²) in [5.41, 5.74) is 0. The Labute approximate surface area is 119 Å². The molecule has 0 aromatic carbocycles. The summed E-state index contributed by atoms with van der Waals surface area (Å²) >= 11 is 0.